The van der Waals surface area contributed by atoms with Gasteiger partial charge in [-0.15, -0.1) is 11.3 Å². The number of ether oxygens (including phenoxy) is 1. The van der Waals surface area contributed by atoms with Crippen LogP contribution >= 0.6 is 11.3 Å². The maximum Gasteiger partial charge on any atom is 0.272 e. The summed E-state index contributed by atoms with van der Waals surface area (Å²) in [6, 6.07) is 3.99. The molecular weight excluding hydrogens is 274 g/mol. The summed E-state index contributed by atoms with van der Waals surface area (Å²) < 4.78 is 7.38. The molecule has 0 unspecified atom stereocenters. The minimum atomic E-state index is -0.118. The first kappa shape index (κ1) is 13.3. The Morgan fingerprint density at radius 3 is 3.25 bits per heavy atom. The van der Waals surface area contributed by atoms with Gasteiger partial charge in [0.2, 0.25) is 0 Å². The number of hydrogen-bond acceptors (Lipinski definition) is 4. The summed E-state index contributed by atoms with van der Waals surface area (Å²) in [5.74, 6) is -0.118. The van der Waals surface area contributed by atoms with E-state index >= 15 is 0 Å². The maximum atomic E-state index is 12.3. The highest BCUT2D eigenvalue weighted by Gasteiger charge is 2.24. The normalized spacial score (nSPS) is 14.1. The van der Waals surface area contributed by atoms with Gasteiger partial charge in [0.15, 0.2) is 5.69 Å². The lowest BCUT2D eigenvalue weighted by atomic mass is 10.1. The van der Waals surface area contributed by atoms with Crippen molar-refractivity contribution >= 4 is 17.2 Å². The van der Waals surface area contributed by atoms with Gasteiger partial charge in [0, 0.05) is 29.1 Å². The predicted molar refractivity (Wildman–Crippen MR) is 76.8 cm³/mol. The smallest absolute Gasteiger partial charge is 0.272 e. The zero-order chi connectivity index (χ0) is 13.9. The predicted octanol–water partition coefficient (Wildman–Crippen LogP) is 1.97. The van der Waals surface area contributed by atoms with Gasteiger partial charge in [0.05, 0.1) is 19.8 Å². The Kier molecular flexibility index (Phi) is 3.84. The summed E-state index contributed by atoms with van der Waals surface area (Å²) in [6.45, 7) is 4.55. The van der Waals surface area contributed by atoms with Crippen LogP contribution in [0.25, 0.3) is 0 Å². The molecule has 0 bridgehead atoms. The second kappa shape index (κ2) is 5.76. The molecule has 20 heavy (non-hydrogen) atoms. The van der Waals surface area contributed by atoms with Gasteiger partial charge in [0.25, 0.3) is 5.91 Å². The summed E-state index contributed by atoms with van der Waals surface area (Å²) in [6.07, 6.45) is 0.828. The number of rotatable bonds is 4. The second-order valence-corrected chi connectivity index (χ2v) is 5.69. The van der Waals surface area contributed by atoms with Gasteiger partial charge in [-0.1, -0.05) is 6.07 Å². The highest BCUT2D eigenvalue weighted by atomic mass is 32.1. The molecule has 0 spiro atoms. The molecule has 0 saturated carbocycles. The van der Waals surface area contributed by atoms with Crippen molar-refractivity contribution in [1.29, 1.82) is 0 Å². The van der Waals surface area contributed by atoms with Crippen LogP contribution < -0.4 is 5.32 Å². The van der Waals surface area contributed by atoms with Crippen molar-refractivity contribution in [3.05, 3.63) is 39.3 Å². The SMILES string of the molecule is CCn1nc(C(=O)NCc2cccs2)c2c1CCOC2. The van der Waals surface area contributed by atoms with Crippen molar-refractivity contribution in [2.24, 2.45) is 0 Å². The molecule has 106 valence electrons. The monoisotopic (exact) mass is 291 g/mol. The maximum absolute atomic E-state index is 12.3. The molecule has 0 atom stereocenters. The van der Waals surface area contributed by atoms with Gasteiger partial charge < -0.3 is 10.1 Å². The Balaban J connectivity index is 1.79. The molecule has 0 radical (unpaired) electrons. The first-order valence-electron chi connectivity index (χ1n) is 6.76. The van der Waals surface area contributed by atoms with Crippen LogP contribution in [0.5, 0.6) is 0 Å². The minimum absolute atomic E-state index is 0.118. The molecule has 5 nitrogen and oxygen atoms in total. The van der Waals surface area contributed by atoms with Crippen molar-refractivity contribution in [2.75, 3.05) is 6.61 Å². The van der Waals surface area contributed by atoms with Gasteiger partial charge in [-0.3, -0.25) is 9.48 Å². The van der Waals surface area contributed by atoms with E-state index in [1.165, 1.54) is 0 Å². The minimum Gasteiger partial charge on any atom is -0.376 e. The van der Waals surface area contributed by atoms with Crippen LogP contribution in [0.15, 0.2) is 17.5 Å². The Labute approximate surface area is 121 Å². The van der Waals surface area contributed by atoms with E-state index in [1.807, 2.05) is 29.1 Å². The molecule has 3 heterocycles. The first-order valence-corrected chi connectivity index (χ1v) is 7.64. The van der Waals surface area contributed by atoms with Crippen molar-refractivity contribution in [3.8, 4) is 0 Å². The summed E-state index contributed by atoms with van der Waals surface area (Å²) in [4.78, 5) is 13.4. The number of carbonyl (C=O) groups excluding carboxylic acids is 1. The number of nitrogens with one attached hydrogen (secondary N) is 1. The van der Waals surface area contributed by atoms with E-state index in [4.69, 9.17) is 4.74 Å². The summed E-state index contributed by atoms with van der Waals surface area (Å²) in [7, 11) is 0. The van der Waals surface area contributed by atoms with E-state index in [2.05, 4.69) is 10.4 Å². The molecule has 1 aliphatic heterocycles. The van der Waals surface area contributed by atoms with Crippen LogP contribution in [0.4, 0.5) is 0 Å². The third-order valence-corrected chi connectivity index (χ3v) is 4.29. The van der Waals surface area contributed by atoms with Gasteiger partial charge in [-0.25, -0.2) is 0 Å². The van der Waals surface area contributed by atoms with Crippen LogP contribution in [0.2, 0.25) is 0 Å². The van der Waals surface area contributed by atoms with E-state index in [9.17, 15) is 4.79 Å². The van der Waals surface area contributed by atoms with Gasteiger partial charge in [0.1, 0.15) is 0 Å². The molecular formula is C14H17N3O2S. The molecule has 1 N–H and O–H groups in total. The molecule has 6 heteroatoms. The Bertz CT molecular complexity index is 604. The van der Waals surface area contributed by atoms with E-state index < -0.39 is 0 Å². The van der Waals surface area contributed by atoms with Crippen molar-refractivity contribution in [3.63, 3.8) is 0 Å². The van der Waals surface area contributed by atoms with Crippen molar-refractivity contribution in [1.82, 2.24) is 15.1 Å². The van der Waals surface area contributed by atoms with E-state index in [0.717, 1.165) is 29.1 Å². The molecule has 0 aliphatic carbocycles. The Hall–Kier alpha value is -1.66. The molecule has 2 aromatic rings. The molecule has 2 aromatic heterocycles. The average molecular weight is 291 g/mol. The molecule has 3 rings (SSSR count). The quantitative estimate of drug-likeness (QED) is 0.937. The third-order valence-electron chi connectivity index (χ3n) is 3.41. The molecule has 0 fully saturated rings. The lowest BCUT2D eigenvalue weighted by molar-refractivity contribution is 0.0923. The van der Waals surface area contributed by atoms with Crippen LogP contribution in [-0.2, 0) is 30.9 Å². The Morgan fingerprint density at radius 2 is 2.50 bits per heavy atom. The van der Waals surface area contributed by atoms with E-state index in [-0.39, 0.29) is 5.91 Å². The number of aryl methyl sites for hydroxylation is 1. The number of nitrogens with zero attached hydrogens (tertiary/aromatic N) is 2. The lowest BCUT2D eigenvalue weighted by Gasteiger charge is -2.14. The topological polar surface area (TPSA) is 56.2 Å². The molecule has 0 aromatic carbocycles. The zero-order valence-electron chi connectivity index (χ0n) is 11.4. The zero-order valence-corrected chi connectivity index (χ0v) is 12.2. The largest absolute Gasteiger partial charge is 0.376 e. The fourth-order valence-corrected chi connectivity index (χ4v) is 3.06. The average Bonchev–Trinajstić information content (AvgIpc) is 3.12. The number of amides is 1. The van der Waals surface area contributed by atoms with Gasteiger partial charge >= 0.3 is 0 Å². The summed E-state index contributed by atoms with van der Waals surface area (Å²) in [5.41, 5.74) is 2.60. The third kappa shape index (κ3) is 2.48. The number of aromatic nitrogens is 2. The number of hydrogen-bond donors (Lipinski definition) is 1. The first-order chi connectivity index (χ1) is 9.79. The van der Waals surface area contributed by atoms with E-state index in [1.54, 1.807) is 11.3 Å². The van der Waals surface area contributed by atoms with Crippen LogP contribution in [0.1, 0.15) is 33.5 Å². The molecule has 1 aliphatic rings. The summed E-state index contributed by atoms with van der Waals surface area (Å²) >= 11 is 1.63. The number of carbonyl (C=O) groups is 1. The highest BCUT2D eigenvalue weighted by molar-refractivity contribution is 7.09. The van der Waals surface area contributed by atoms with Crippen molar-refractivity contribution < 1.29 is 9.53 Å². The van der Waals surface area contributed by atoms with E-state index in [0.29, 0.717) is 25.5 Å². The standard InChI is InChI=1S/C14H17N3O2S/c1-2-17-12-5-6-19-9-11(12)13(16-17)14(18)15-8-10-4-3-7-20-10/h3-4,7H,2,5-6,8-9H2,1H3,(H,15,18). The number of fused-ring (bicyclic) bond motifs is 1. The van der Waals surface area contributed by atoms with Crippen LogP contribution in [0.3, 0.4) is 0 Å². The van der Waals surface area contributed by atoms with Gasteiger partial charge in [-0.05, 0) is 18.4 Å². The number of thiophene rings is 1. The Morgan fingerprint density at radius 1 is 1.60 bits per heavy atom. The summed E-state index contributed by atoms with van der Waals surface area (Å²) in [5, 5.41) is 9.37. The van der Waals surface area contributed by atoms with Gasteiger partial charge in [-0.2, -0.15) is 5.10 Å². The fraction of sp³-hybridized carbons (Fsp3) is 0.429. The lowest BCUT2D eigenvalue weighted by Crippen LogP contribution is -2.24. The van der Waals surface area contributed by atoms with Crippen LogP contribution in [-0.4, -0.2) is 22.3 Å². The molecule has 1 amide bonds. The fourth-order valence-electron chi connectivity index (χ4n) is 2.42. The van der Waals surface area contributed by atoms with Crippen molar-refractivity contribution in [2.45, 2.75) is 33.0 Å². The molecule has 0 saturated heterocycles. The van der Waals surface area contributed by atoms with Crippen LogP contribution in [0, 0.1) is 0 Å². The highest BCUT2D eigenvalue weighted by Crippen LogP contribution is 2.21. The second-order valence-electron chi connectivity index (χ2n) is 4.65.